The van der Waals surface area contributed by atoms with E-state index in [9.17, 15) is 9.50 Å². The van der Waals surface area contributed by atoms with Gasteiger partial charge in [0.1, 0.15) is 18.2 Å². The number of likely N-dealkylation sites (tertiary alicyclic amines) is 1. The van der Waals surface area contributed by atoms with Gasteiger partial charge in [-0.3, -0.25) is 4.90 Å². The molecule has 0 unspecified atom stereocenters. The zero-order chi connectivity index (χ0) is 17.4. The Kier molecular flexibility index (Phi) is 4.67. The minimum absolute atomic E-state index is 0.106. The number of aliphatic hydroxyl groups is 1. The van der Waals surface area contributed by atoms with E-state index in [0.29, 0.717) is 28.2 Å². The van der Waals surface area contributed by atoms with E-state index in [0.717, 1.165) is 31.6 Å². The normalized spacial score (nSPS) is 25.5. The molecule has 0 spiro atoms. The second kappa shape index (κ2) is 6.94. The first-order chi connectivity index (χ1) is 12.1. The molecule has 1 heterocycles. The van der Waals surface area contributed by atoms with Gasteiger partial charge in [0.05, 0.1) is 11.1 Å². The highest BCUT2D eigenvalue weighted by Gasteiger charge is 2.45. The fourth-order valence-corrected chi connectivity index (χ4v) is 4.13. The van der Waals surface area contributed by atoms with Crippen LogP contribution in [0.15, 0.2) is 42.5 Å². The Labute approximate surface area is 152 Å². The fourth-order valence-electron chi connectivity index (χ4n) is 3.91. The van der Waals surface area contributed by atoms with E-state index in [-0.39, 0.29) is 18.5 Å². The number of benzene rings is 2. The monoisotopic (exact) mass is 361 g/mol. The molecular weight excluding hydrogens is 341 g/mol. The number of fused-ring (bicyclic) bond motifs is 1. The highest BCUT2D eigenvalue weighted by molar-refractivity contribution is 6.31. The van der Waals surface area contributed by atoms with Crippen LogP contribution in [0.25, 0.3) is 0 Å². The molecule has 1 aliphatic carbocycles. The maximum atomic E-state index is 13.8. The third-order valence-corrected chi connectivity index (χ3v) is 5.71. The predicted molar refractivity (Wildman–Crippen MR) is 95.1 cm³/mol. The zero-order valence-corrected chi connectivity index (χ0v) is 14.6. The Morgan fingerprint density at radius 3 is 2.80 bits per heavy atom. The maximum Gasteiger partial charge on any atom is 0.131 e. The van der Waals surface area contributed by atoms with Crippen molar-refractivity contribution in [2.24, 2.45) is 11.8 Å². The van der Waals surface area contributed by atoms with Gasteiger partial charge >= 0.3 is 0 Å². The molecule has 25 heavy (non-hydrogen) atoms. The predicted octanol–water partition coefficient (Wildman–Crippen LogP) is 3.87. The van der Waals surface area contributed by atoms with Crippen LogP contribution in [0, 0.1) is 17.7 Å². The van der Waals surface area contributed by atoms with E-state index in [2.05, 4.69) is 11.0 Å². The molecule has 2 fully saturated rings. The van der Waals surface area contributed by atoms with Crippen molar-refractivity contribution < 1.29 is 14.2 Å². The molecule has 2 aliphatic rings. The first-order valence-corrected chi connectivity index (χ1v) is 9.03. The van der Waals surface area contributed by atoms with E-state index in [1.54, 1.807) is 12.1 Å². The van der Waals surface area contributed by atoms with E-state index in [4.69, 9.17) is 16.3 Å². The number of nitrogens with zero attached hydrogens (tertiary/aromatic N) is 1. The Morgan fingerprint density at radius 2 is 2.04 bits per heavy atom. The molecule has 0 aromatic heterocycles. The summed E-state index contributed by atoms with van der Waals surface area (Å²) in [6, 6.07) is 12.5. The second-order valence-electron chi connectivity index (χ2n) is 7.06. The molecule has 3 nitrogen and oxygen atoms in total. The quantitative estimate of drug-likeness (QED) is 0.877. The van der Waals surface area contributed by atoms with Gasteiger partial charge in [-0.15, -0.1) is 0 Å². The summed E-state index contributed by atoms with van der Waals surface area (Å²) in [5.74, 6) is 1.45. The van der Waals surface area contributed by atoms with Crippen molar-refractivity contribution in [1.29, 1.82) is 0 Å². The summed E-state index contributed by atoms with van der Waals surface area (Å²) >= 11 is 6.04. The number of halogens is 2. The van der Waals surface area contributed by atoms with Gasteiger partial charge in [-0.05, 0) is 42.2 Å². The van der Waals surface area contributed by atoms with Crippen molar-refractivity contribution in [2.45, 2.75) is 25.7 Å². The molecule has 0 amide bonds. The van der Waals surface area contributed by atoms with Crippen molar-refractivity contribution in [1.82, 2.24) is 4.90 Å². The van der Waals surface area contributed by atoms with E-state index in [1.165, 1.54) is 6.07 Å². The number of aliphatic hydroxyl groups excluding tert-OH is 1. The lowest BCUT2D eigenvalue weighted by molar-refractivity contribution is -0.00435. The molecule has 2 aromatic rings. The van der Waals surface area contributed by atoms with Gasteiger partial charge in [-0.25, -0.2) is 4.39 Å². The van der Waals surface area contributed by atoms with E-state index < -0.39 is 0 Å². The summed E-state index contributed by atoms with van der Waals surface area (Å²) in [6.45, 7) is 2.96. The second-order valence-corrected chi connectivity index (χ2v) is 7.46. The lowest BCUT2D eigenvalue weighted by Gasteiger charge is -2.35. The van der Waals surface area contributed by atoms with Gasteiger partial charge in [0, 0.05) is 31.1 Å². The minimum Gasteiger partial charge on any atom is -0.489 e. The average Bonchev–Trinajstić information content (AvgIpc) is 2.91. The summed E-state index contributed by atoms with van der Waals surface area (Å²) in [6.07, 6.45) is 0.823. The molecule has 0 bridgehead atoms. The van der Waals surface area contributed by atoms with Crippen LogP contribution in [0.3, 0.4) is 0 Å². The van der Waals surface area contributed by atoms with Gasteiger partial charge in [0.2, 0.25) is 0 Å². The van der Waals surface area contributed by atoms with Crippen LogP contribution in [0.4, 0.5) is 4.39 Å². The van der Waals surface area contributed by atoms with Crippen molar-refractivity contribution in [3.63, 3.8) is 0 Å². The number of hydrogen-bond acceptors (Lipinski definition) is 3. The standard InChI is InChI=1S/C20H21ClFNO2/c21-18-5-2-6-19(22)17(18)12-25-15-4-1-3-13(7-15)9-23-10-14-8-20(24)16(14)11-23/h1-7,14,16,20,24H,8-12H2/t14-,16+,20-/m1/s1. The highest BCUT2D eigenvalue weighted by atomic mass is 35.5. The van der Waals surface area contributed by atoms with E-state index in [1.807, 2.05) is 18.2 Å². The lowest BCUT2D eigenvalue weighted by Crippen LogP contribution is -2.39. The van der Waals surface area contributed by atoms with Crippen molar-refractivity contribution in [2.75, 3.05) is 13.1 Å². The van der Waals surface area contributed by atoms with Crippen molar-refractivity contribution in [3.8, 4) is 5.75 Å². The molecule has 5 heteroatoms. The van der Waals surface area contributed by atoms with Crippen LogP contribution in [-0.4, -0.2) is 29.2 Å². The van der Waals surface area contributed by atoms with Gasteiger partial charge in [-0.2, -0.15) is 0 Å². The average molecular weight is 362 g/mol. The molecular formula is C20H21ClFNO2. The third kappa shape index (κ3) is 3.52. The van der Waals surface area contributed by atoms with Crippen LogP contribution in [0.2, 0.25) is 5.02 Å². The SMILES string of the molecule is O[C@@H]1C[C@@H]2CN(Cc3cccc(OCc4c(F)cccc4Cl)c3)C[C@@H]21. The van der Waals surface area contributed by atoms with Gasteiger partial charge in [0.25, 0.3) is 0 Å². The maximum absolute atomic E-state index is 13.8. The Morgan fingerprint density at radius 1 is 1.20 bits per heavy atom. The third-order valence-electron chi connectivity index (χ3n) is 5.36. The number of hydrogen-bond donors (Lipinski definition) is 1. The molecule has 1 N–H and O–H groups in total. The Bertz CT molecular complexity index is 749. The van der Waals surface area contributed by atoms with Crippen LogP contribution < -0.4 is 4.74 Å². The van der Waals surface area contributed by atoms with Crippen LogP contribution in [0.5, 0.6) is 5.75 Å². The zero-order valence-electron chi connectivity index (χ0n) is 13.9. The summed E-state index contributed by atoms with van der Waals surface area (Å²) in [5, 5.41) is 10.2. The molecule has 132 valence electrons. The van der Waals surface area contributed by atoms with Gasteiger partial charge in [0.15, 0.2) is 0 Å². The van der Waals surface area contributed by atoms with E-state index >= 15 is 0 Å². The van der Waals surface area contributed by atoms with Crippen LogP contribution >= 0.6 is 11.6 Å². The summed E-state index contributed by atoms with van der Waals surface area (Å²) < 4.78 is 19.6. The fraction of sp³-hybridized carbons (Fsp3) is 0.400. The molecule has 1 saturated heterocycles. The number of rotatable bonds is 5. The van der Waals surface area contributed by atoms with Crippen molar-refractivity contribution >= 4 is 11.6 Å². The lowest BCUT2D eigenvalue weighted by atomic mass is 9.74. The Balaban J connectivity index is 1.38. The summed E-state index contributed by atoms with van der Waals surface area (Å²) in [5.41, 5.74) is 1.53. The molecule has 1 saturated carbocycles. The first-order valence-electron chi connectivity index (χ1n) is 8.65. The summed E-state index contributed by atoms with van der Waals surface area (Å²) in [7, 11) is 0. The van der Waals surface area contributed by atoms with Crippen molar-refractivity contribution in [3.05, 3.63) is 64.4 Å². The Hall–Kier alpha value is -1.62. The summed E-state index contributed by atoms with van der Waals surface area (Å²) in [4.78, 5) is 2.39. The molecule has 4 rings (SSSR count). The molecule has 2 aromatic carbocycles. The topological polar surface area (TPSA) is 32.7 Å². The minimum atomic E-state index is -0.352. The molecule has 1 aliphatic heterocycles. The molecule has 3 atom stereocenters. The van der Waals surface area contributed by atoms with Gasteiger partial charge < -0.3 is 9.84 Å². The number of ether oxygens (including phenoxy) is 1. The largest absolute Gasteiger partial charge is 0.489 e. The van der Waals surface area contributed by atoms with Crippen LogP contribution in [-0.2, 0) is 13.2 Å². The molecule has 0 radical (unpaired) electrons. The first kappa shape index (κ1) is 16.8. The smallest absolute Gasteiger partial charge is 0.131 e. The highest BCUT2D eigenvalue weighted by Crippen LogP contribution is 2.41. The van der Waals surface area contributed by atoms with Crippen LogP contribution in [0.1, 0.15) is 17.5 Å². The van der Waals surface area contributed by atoms with Gasteiger partial charge in [-0.1, -0.05) is 29.8 Å².